The molecule has 1 aliphatic rings. The number of hydrogen-bond acceptors (Lipinski definition) is 4. The summed E-state index contributed by atoms with van der Waals surface area (Å²) in [5, 5.41) is 0.118. The molecule has 1 aliphatic heterocycles. The average molecular weight is 395 g/mol. The van der Waals surface area contributed by atoms with Gasteiger partial charge in [0.05, 0.1) is 6.10 Å². The Morgan fingerprint density at radius 2 is 1.81 bits per heavy atom. The highest BCUT2D eigenvalue weighted by molar-refractivity contribution is 6.74. The normalized spacial score (nSPS) is 30.6. The van der Waals surface area contributed by atoms with E-state index in [4.69, 9.17) is 13.9 Å². The van der Waals surface area contributed by atoms with Gasteiger partial charge in [-0.05, 0) is 43.5 Å². The number of carbonyl (C=O) groups excluding carboxylic acids is 1. The molecule has 5 heteroatoms. The summed E-state index contributed by atoms with van der Waals surface area (Å²) in [4.78, 5) is 11.7. The SMILES string of the molecule is CO[C@H]1/C=C/CC/C=C/C(=O)OC/C(C)=C\[C@@H](C)[C@@H]1O[Si](C)(C)C(C)(C)C. The van der Waals surface area contributed by atoms with Crippen molar-refractivity contribution in [3.63, 3.8) is 0 Å². The van der Waals surface area contributed by atoms with Crippen LogP contribution in [-0.4, -0.2) is 40.2 Å². The summed E-state index contributed by atoms with van der Waals surface area (Å²) in [7, 11) is -0.232. The lowest BCUT2D eigenvalue weighted by molar-refractivity contribution is -0.136. The zero-order valence-electron chi connectivity index (χ0n) is 18.4. The topological polar surface area (TPSA) is 44.8 Å². The van der Waals surface area contributed by atoms with E-state index in [9.17, 15) is 4.79 Å². The smallest absolute Gasteiger partial charge is 0.330 e. The number of allylic oxidation sites excluding steroid dienone is 2. The van der Waals surface area contributed by atoms with E-state index in [2.05, 4.69) is 59.0 Å². The molecule has 0 aliphatic carbocycles. The highest BCUT2D eigenvalue weighted by Crippen LogP contribution is 2.39. The third kappa shape index (κ3) is 7.76. The van der Waals surface area contributed by atoms with Gasteiger partial charge in [0.15, 0.2) is 8.32 Å². The molecule has 0 saturated carbocycles. The van der Waals surface area contributed by atoms with Gasteiger partial charge in [-0.2, -0.15) is 0 Å². The summed E-state index contributed by atoms with van der Waals surface area (Å²) in [6.45, 7) is 15.7. The van der Waals surface area contributed by atoms with Gasteiger partial charge in [0.25, 0.3) is 0 Å². The summed E-state index contributed by atoms with van der Waals surface area (Å²) < 4.78 is 17.9. The van der Waals surface area contributed by atoms with Crippen LogP contribution in [0.15, 0.2) is 36.0 Å². The fourth-order valence-electron chi connectivity index (χ4n) is 2.74. The summed E-state index contributed by atoms with van der Waals surface area (Å²) in [5.74, 6) is -0.161. The van der Waals surface area contributed by atoms with Crippen molar-refractivity contribution in [3.05, 3.63) is 36.0 Å². The van der Waals surface area contributed by atoms with E-state index >= 15 is 0 Å². The number of esters is 1. The maximum atomic E-state index is 11.7. The number of ether oxygens (including phenoxy) is 2. The summed E-state index contributed by atoms with van der Waals surface area (Å²) in [5.41, 5.74) is 1.02. The highest BCUT2D eigenvalue weighted by Gasteiger charge is 2.41. The monoisotopic (exact) mass is 394 g/mol. The lowest BCUT2D eigenvalue weighted by Crippen LogP contribution is -2.49. The van der Waals surface area contributed by atoms with Crippen LogP contribution in [0.4, 0.5) is 0 Å². The molecule has 0 saturated heterocycles. The number of carbonyl (C=O) groups is 1. The van der Waals surface area contributed by atoms with Crippen LogP contribution in [-0.2, 0) is 18.7 Å². The molecule has 154 valence electrons. The Labute approximate surface area is 166 Å². The quantitative estimate of drug-likeness (QED) is 0.364. The first-order valence-corrected chi connectivity index (χ1v) is 12.8. The Bertz CT molecular complexity index is 569. The van der Waals surface area contributed by atoms with Gasteiger partial charge < -0.3 is 13.9 Å². The first-order valence-electron chi connectivity index (χ1n) is 9.86. The first-order chi connectivity index (χ1) is 12.5. The van der Waals surface area contributed by atoms with E-state index in [1.807, 2.05) is 13.0 Å². The van der Waals surface area contributed by atoms with Crippen LogP contribution in [0.5, 0.6) is 0 Å². The molecule has 0 bridgehead atoms. The Morgan fingerprint density at radius 3 is 2.41 bits per heavy atom. The maximum Gasteiger partial charge on any atom is 0.330 e. The molecular weight excluding hydrogens is 356 g/mol. The van der Waals surface area contributed by atoms with Crippen LogP contribution >= 0.6 is 0 Å². The van der Waals surface area contributed by atoms with Crippen molar-refractivity contribution in [3.8, 4) is 0 Å². The largest absolute Gasteiger partial charge is 0.458 e. The maximum absolute atomic E-state index is 11.7. The first kappa shape index (κ1) is 23.9. The second-order valence-electron chi connectivity index (χ2n) is 8.93. The second kappa shape index (κ2) is 10.4. The van der Waals surface area contributed by atoms with Crippen LogP contribution < -0.4 is 0 Å². The van der Waals surface area contributed by atoms with Crippen LogP contribution in [0.3, 0.4) is 0 Å². The lowest BCUT2D eigenvalue weighted by atomic mass is 9.96. The van der Waals surface area contributed by atoms with Gasteiger partial charge in [0.2, 0.25) is 0 Å². The Morgan fingerprint density at radius 1 is 1.19 bits per heavy atom. The molecule has 0 unspecified atom stereocenters. The predicted molar refractivity (Wildman–Crippen MR) is 114 cm³/mol. The molecule has 1 heterocycles. The van der Waals surface area contributed by atoms with Gasteiger partial charge in [0, 0.05) is 19.1 Å². The zero-order chi connectivity index (χ0) is 20.7. The Hall–Kier alpha value is -1.17. The zero-order valence-corrected chi connectivity index (χ0v) is 19.4. The molecule has 0 aromatic heterocycles. The number of hydrogen-bond donors (Lipinski definition) is 0. The molecule has 0 N–H and O–H groups in total. The third-order valence-electron chi connectivity index (χ3n) is 5.42. The van der Waals surface area contributed by atoms with Crippen molar-refractivity contribution in [2.45, 2.75) is 77.8 Å². The van der Waals surface area contributed by atoms with E-state index in [1.165, 1.54) is 6.08 Å². The average Bonchev–Trinajstić information content (AvgIpc) is 2.56. The molecule has 4 nitrogen and oxygen atoms in total. The van der Waals surface area contributed by atoms with Crippen molar-refractivity contribution in [1.29, 1.82) is 0 Å². The van der Waals surface area contributed by atoms with Gasteiger partial charge in [-0.1, -0.05) is 52.0 Å². The van der Waals surface area contributed by atoms with Gasteiger partial charge >= 0.3 is 5.97 Å². The minimum atomic E-state index is -1.97. The predicted octanol–water partition coefficient (Wildman–Crippen LogP) is 5.42. The molecule has 0 fully saturated rings. The Kier molecular flexibility index (Phi) is 9.19. The molecule has 27 heavy (non-hydrogen) atoms. The third-order valence-corrected chi connectivity index (χ3v) is 9.89. The standard InChI is InChI=1S/C22H38O4Si/c1-17-15-18(2)21(26-27(7,8)22(3,4)5)19(24-6)13-11-9-10-12-14-20(23)25-16-17/h11-15,18-19,21H,9-10,16H2,1-8H3/b13-11+,14-12+,17-15-/t18-,19+,21+/m1/s1. The van der Waals surface area contributed by atoms with Gasteiger partial charge in [-0.25, -0.2) is 4.79 Å². The Balaban J connectivity index is 3.19. The number of cyclic esters (lactones) is 1. The van der Waals surface area contributed by atoms with Gasteiger partial charge in [-0.3, -0.25) is 0 Å². The van der Waals surface area contributed by atoms with Crippen LogP contribution in [0.25, 0.3) is 0 Å². The van der Waals surface area contributed by atoms with E-state index in [-0.39, 0.29) is 29.1 Å². The van der Waals surface area contributed by atoms with Crippen molar-refractivity contribution >= 4 is 14.3 Å². The van der Waals surface area contributed by atoms with Crippen LogP contribution in [0.1, 0.15) is 47.5 Å². The number of methoxy groups -OCH3 is 1. The minimum absolute atomic E-state index is 0.0868. The van der Waals surface area contributed by atoms with E-state index < -0.39 is 8.32 Å². The molecule has 0 aromatic rings. The van der Waals surface area contributed by atoms with Crippen molar-refractivity contribution in [2.24, 2.45) is 5.92 Å². The molecule has 1 rings (SSSR count). The fraction of sp³-hybridized carbons (Fsp3) is 0.682. The van der Waals surface area contributed by atoms with E-state index in [0.29, 0.717) is 6.61 Å². The highest BCUT2D eigenvalue weighted by atomic mass is 28.4. The summed E-state index contributed by atoms with van der Waals surface area (Å²) in [6.07, 6.45) is 11.2. The molecule has 0 spiro atoms. The van der Waals surface area contributed by atoms with E-state index in [0.717, 1.165) is 18.4 Å². The molecule has 0 amide bonds. The lowest BCUT2D eigenvalue weighted by Gasteiger charge is -2.42. The fourth-order valence-corrected chi connectivity index (χ4v) is 4.12. The van der Waals surface area contributed by atoms with Crippen molar-refractivity contribution in [1.82, 2.24) is 0 Å². The van der Waals surface area contributed by atoms with Gasteiger partial charge in [0.1, 0.15) is 12.7 Å². The molecular formula is C22H38O4Si. The van der Waals surface area contributed by atoms with Crippen LogP contribution in [0, 0.1) is 5.92 Å². The van der Waals surface area contributed by atoms with Gasteiger partial charge in [-0.15, -0.1) is 0 Å². The number of rotatable bonds is 3. The summed E-state index contributed by atoms with van der Waals surface area (Å²) in [6, 6.07) is 0. The molecule has 0 aromatic carbocycles. The molecule has 0 radical (unpaired) electrons. The minimum Gasteiger partial charge on any atom is -0.458 e. The summed E-state index contributed by atoms with van der Waals surface area (Å²) >= 11 is 0. The second-order valence-corrected chi connectivity index (χ2v) is 13.7. The molecule has 3 atom stereocenters. The van der Waals surface area contributed by atoms with E-state index in [1.54, 1.807) is 7.11 Å². The van der Waals surface area contributed by atoms with Crippen molar-refractivity contribution in [2.75, 3.05) is 13.7 Å². The van der Waals surface area contributed by atoms with Crippen LogP contribution in [0.2, 0.25) is 18.1 Å². The van der Waals surface area contributed by atoms with Crippen molar-refractivity contribution < 1.29 is 18.7 Å².